The molecule has 1 aliphatic heterocycles. The number of ether oxygens (including phenoxy) is 1. The number of hydrogen-bond acceptors (Lipinski definition) is 7. The number of ketones is 1. The highest BCUT2D eigenvalue weighted by Crippen LogP contribution is 2.45. The van der Waals surface area contributed by atoms with Gasteiger partial charge in [-0.2, -0.15) is 0 Å². The third-order valence-electron chi connectivity index (χ3n) is 5.28. The second-order valence-electron chi connectivity index (χ2n) is 7.99. The van der Waals surface area contributed by atoms with E-state index in [0.717, 1.165) is 9.58 Å². The Bertz CT molecular complexity index is 1440. The molecule has 2 aromatic carbocycles. The van der Waals surface area contributed by atoms with Crippen LogP contribution < -0.4 is 9.64 Å². The third kappa shape index (κ3) is 3.98. The summed E-state index contributed by atoms with van der Waals surface area (Å²) < 4.78 is 6.53. The summed E-state index contributed by atoms with van der Waals surface area (Å²) in [5.74, 6) is -1.19. The van der Waals surface area contributed by atoms with Gasteiger partial charge in [0.1, 0.15) is 17.6 Å². The highest BCUT2D eigenvalue weighted by atomic mass is 35.5. The summed E-state index contributed by atoms with van der Waals surface area (Å²) in [5, 5.41) is 14.1. The number of rotatable bonds is 5. The number of Topliss-reactive ketones (excluding diaryl/α,β-unsaturated/α-hetero) is 1. The first-order chi connectivity index (χ1) is 16.3. The van der Waals surface area contributed by atoms with Crippen LogP contribution in [0.4, 0.5) is 5.13 Å². The Kier molecular flexibility index (Phi) is 5.89. The highest BCUT2D eigenvalue weighted by molar-refractivity contribution is 7.22. The van der Waals surface area contributed by atoms with Gasteiger partial charge in [0, 0.05) is 15.5 Å². The molecule has 0 spiro atoms. The molecule has 1 N–H and O–H groups in total. The summed E-state index contributed by atoms with van der Waals surface area (Å²) >= 11 is 8.79. The number of fused-ring (bicyclic) bond motifs is 1. The van der Waals surface area contributed by atoms with E-state index in [1.165, 1.54) is 27.6 Å². The predicted molar refractivity (Wildman–Crippen MR) is 136 cm³/mol. The summed E-state index contributed by atoms with van der Waals surface area (Å²) in [6.07, 6.45) is -0.0540. The van der Waals surface area contributed by atoms with Crippen LogP contribution in [0, 0.1) is 0 Å². The van der Waals surface area contributed by atoms with Crippen molar-refractivity contribution in [1.29, 1.82) is 0 Å². The number of hydrogen-bond donors (Lipinski definition) is 1. The summed E-state index contributed by atoms with van der Waals surface area (Å²) in [5.41, 5.74) is 1.09. The zero-order valence-electron chi connectivity index (χ0n) is 18.2. The van der Waals surface area contributed by atoms with E-state index in [-0.39, 0.29) is 17.4 Å². The minimum absolute atomic E-state index is 0.0198. The molecule has 1 aliphatic rings. The van der Waals surface area contributed by atoms with Gasteiger partial charge >= 0.3 is 5.91 Å². The average molecular weight is 511 g/mol. The van der Waals surface area contributed by atoms with Crippen molar-refractivity contribution >= 4 is 67.1 Å². The van der Waals surface area contributed by atoms with Crippen LogP contribution >= 0.6 is 34.3 Å². The van der Waals surface area contributed by atoms with Crippen molar-refractivity contribution in [3.8, 4) is 5.75 Å². The molecule has 5 rings (SSSR count). The molecule has 0 aliphatic carbocycles. The molecule has 1 saturated heterocycles. The van der Waals surface area contributed by atoms with Crippen molar-refractivity contribution in [2.75, 3.05) is 4.90 Å². The van der Waals surface area contributed by atoms with Gasteiger partial charge in [-0.25, -0.2) is 4.98 Å². The van der Waals surface area contributed by atoms with Gasteiger partial charge in [-0.05, 0) is 55.6 Å². The fourth-order valence-electron chi connectivity index (χ4n) is 3.88. The molecule has 3 heterocycles. The maximum Gasteiger partial charge on any atom is 0.301 e. The normalized spacial score (nSPS) is 17.8. The minimum Gasteiger partial charge on any atom is -0.507 e. The lowest BCUT2D eigenvalue weighted by Gasteiger charge is -2.21. The largest absolute Gasteiger partial charge is 0.507 e. The topological polar surface area (TPSA) is 79.7 Å². The van der Waals surface area contributed by atoms with Crippen molar-refractivity contribution in [1.82, 2.24) is 4.98 Å². The van der Waals surface area contributed by atoms with E-state index in [0.29, 0.717) is 27.0 Å². The zero-order valence-corrected chi connectivity index (χ0v) is 20.6. The number of carbonyl (C=O) groups is 2. The Morgan fingerprint density at radius 1 is 1.15 bits per heavy atom. The van der Waals surface area contributed by atoms with Crippen molar-refractivity contribution in [2.24, 2.45) is 0 Å². The smallest absolute Gasteiger partial charge is 0.301 e. The van der Waals surface area contributed by atoms with E-state index in [9.17, 15) is 14.7 Å². The quantitative estimate of drug-likeness (QED) is 0.190. The Labute approximate surface area is 208 Å². The molecule has 1 atom stereocenters. The van der Waals surface area contributed by atoms with E-state index in [4.69, 9.17) is 16.3 Å². The SMILES string of the molecule is CC(C)Oc1cccc(/C(O)=C2\C(=O)C(=O)N(c3nc4ccc(Cl)cc4s3)C2c2cccs2)c1. The average Bonchev–Trinajstić information content (AvgIpc) is 3.52. The van der Waals surface area contributed by atoms with Gasteiger partial charge in [-0.3, -0.25) is 14.5 Å². The molecular formula is C25H19ClN2O4S2. The fraction of sp³-hybridized carbons (Fsp3) is 0.160. The molecule has 9 heteroatoms. The standard InChI is InChI=1S/C25H19ClN2O4S2/c1-13(2)32-16-6-3-5-14(11-16)22(29)20-21(18-7-4-10-33-18)28(24(31)23(20)30)25-27-17-9-8-15(26)12-19(17)34-25/h3-13,21,29H,1-2H3/b22-20+. The lowest BCUT2D eigenvalue weighted by molar-refractivity contribution is -0.132. The summed E-state index contributed by atoms with van der Waals surface area (Å²) in [7, 11) is 0. The number of halogens is 1. The molecule has 1 fully saturated rings. The van der Waals surface area contributed by atoms with Crippen LogP contribution in [0.5, 0.6) is 5.75 Å². The number of carbonyl (C=O) groups excluding carboxylic acids is 2. The Balaban J connectivity index is 1.67. The number of thiophene rings is 1. The van der Waals surface area contributed by atoms with E-state index >= 15 is 0 Å². The number of benzene rings is 2. The predicted octanol–water partition coefficient (Wildman–Crippen LogP) is 6.42. The number of aromatic nitrogens is 1. The molecule has 1 unspecified atom stereocenters. The number of aliphatic hydroxyl groups excluding tert-OH is 1. The van der Waals surface area contributed by atoms with Gasteiger partial charge in [0.05, 0.1) is 21.9 Å². The van der Waals surface area contributed by atoms with Crippen LogP contribution in [-0.4, -0.2) is 27.9 Å². The lowest BCUT2D eigenvalue weighted by Crippen LogP contribution is -2.28. The molecule has 0 radical (unpaired) electrons. The molecule has 34 heavy (non-hydrogen) atoms. The van der Waals surface area contributed by atoms with E-state index in [1.807, 2.05) is 31.4 Å². The van der Waals surface area contributed by atoms with Crippen LogP contribution in [-0.2, 0) is 9.59 Å². The van der Waals surface area contributed by atoms with E-state index < -0.39 is 17.7 Å². The van der Waals surface area contributed by atoms with Crippen LogP contribution in [0.2, 0.25) is 5.02 Å². The molecule has 4 aromatic rings. The monoisotopic (exact) mass is 510 g/mol. The zero-order chi connectivity index (χ0) is 24.0. The van der Waals surface area contributed by atoms with Crippen molar-refractivity contribution < 1.29 is 19.4 Å². The van der Waals surface area contributed by atoms with Gasteiger partial charge in [0.2, 0.25) is 0 Å². The van der Waals surface area contributed by atoms with Crippen molar-refractivity contribution in [2.45, 2.75) is 26.0 Å². The Morgan fingerprint density at radius 3 is 2.71 bits per heavy atom. The minimum atomic E-state index is -0.800. The molecule has 2 aromatic heterocycles. The van der Waals surface area contributed by atoms with Crippen LogP contribution in [0.1, 0.15) is 30.3 Å². The number of anilines is 1. The van der Waals surface area contributed by atoms with Gasteiger partial charge < -0.3 is 9.84 Å². The molecule has 6 nitrogen and oxygen atoms in total. The molecule has 0 bridgehead atoms. The first-order valence-electron chi connectivity index (χ1n) is 10.5. The summed E-state index contributed by atoms with van der Waals surface area (Å²) in [6, 6.07) is 15.0. The molecule has 172 valence electrons. The second-order valence-corrected chi connectivity index (χ2v) is 10.4. The Morgan fingerprint density at radius 2 is 1.97 bits per heavy atom. The molecular weight excluding hydrogens is 492 g/mol. The molecule has 0 saturated carbocycles. The number of aliphatic hydroxyl groups is 1. The summed E-state index contributed by atoms with van der Waals surface area (Å²) in [4.78, 5) is 33.2. The fourth-order valence-corrected chi connectivity index (χ4v) is 5.97. The van der Waals surface area contributed by atoms with Crippen LogP contribution in [0.15, 0.2) is 65.6 Å². The summed E-state index contributed by atoms with van der Waals surface area (Å²) in [6.45, 7) is 3.81. The first kappa shape index (κ1) is 22.6. The maximum atomic E-state index is 13.3. The van der Waals surface area contributed by atoms with Crippen LogP contribution in [0.25, 0.3) is 16.0 Å². The lowest BCUT2D eigenvalue weighted by atomic mass is 10.00. The van der Waals surface area contributed by atoms with Gasteiger partial charge in [-0.1, -0.05) is 41.1 Å². The van der Waals surface area contributed by atoms with Crippen molar-refractivity contribution in [3.63, 3.8) is 0 Å². The third-order valence-corrected chi connectivity index (χ3v) is 7.46. The first-order valence-corrected chi connectivity index (χ1v) is 12.6. The van der Waals surface area contributed by atoms with Gasteiger partial charge in [0.15, 0.2) is 5.13 Å². The highest BCUT2D eigenvalue weighted by Gasteiger charge is 2.48. The van der Waals surface area contributed by atoms with E-state index in [2.05, 4.69) is 4.98 Å². The van der Waals surface area contributed by atoms with Gasteiger partial charge in [0.25, 0.3) is 5.78 Å². The van der Waals surface area contributed by atoms with Crippen LogP contribution in [0.3, 0.4) is 0 Å². The van der Waals surface area contributed by atoms with Gasteiger partial charge in [-0.15, -0.1) is 11.3 Å². The molecule has 1 amide bonds. The van der Waals surface area contributed by atoms with E-state index in [1.54, 1.807) is 42.5 Å². The Hall–Kier alpha value is -3.20. The number of nitrogens with zero attached hydrogens (tertiary/aromatic N) is 2. The van der Waals surface area contributed by atoms with Crippen molar-refractivity contribution in [3.05, 3.63) is 81.0 Å². The number of thiazole rings is 1. The maximum absolute atomic E-state index is 13.3. The number of amides is 1. The second kappa shape index (κ2) is 8.87.